The molecule has 0 heterocycles. The number of hydrogen-bond acceptors (Lipinski definition) is 4. The van der Waals surface area contributed by atoms with E-state index in [0.29, 0.717) is 17.3 Å². The molecule has 0 spiro atoms. The molecular weight excluding hydrogens is 296 g/mol. The van der Waals surface area contributed by atoms with Crippen LogP contribution < -0.4 is 11.1 Å². The van der Waals surface area contributed by atoms with Crippen LogP contribution in [0, 0.1) is 0 Å². The van der Waals surface area contributed by atoms with E-state index >= 15 is 0 Å². The minimum absolute atomic E-state index is 0.127. The number of nitrogens with one attached hydrogen (secondary N) is 1. The summed E-state index contributed by atoms with van der Waals surface area (Å²) in [6.07, 6.45) is 1.14. The Bertz CT molecular complexity index is 730. The molecule has 0 bridgehead atoms. The molecule has 3 N–H and O–H groups in total. The lowest BCUT2D eigenvalue weighted by atomic mass is 10.2. The van der Waals surface area contributed by atoms with Gasteiger partial charge in [0.2, 0.25) is 0 Å². The van der Waals surface area contributed by atoms with Crippen molar-refractivity contribution in [3.63, 3.8) is 0 Å². The maximum atomic E-state index is 11.6. The number of hydrogen-bond donors (Lipinski definition) is 2. The van der Waals surface area contributed by atoms with Crippen LogP contribution in [0.25, 0.3) is 0 Å². The standard InChI is InChI=1S/C14H15ClN2O2S/c1-20(18,19)13-8-4-7-12(14(13)16)17-9-10-5-2-3-6-11(10)15/h2-8,17H,9,16H2,1H3. The van der Waals surface area contributed by atoms with Gasteiger partial charge in [0.15, 0.2) is 9.84 Å². The number of rotatable bonds is 4. The number of benzene rings is 2. The molecule has 0 unspecified atom stereocenters. The molecule has 6 heteroatoms. The van der Waals surface area contributed by atoms with Crippen molar-refractivity contribution >= 4 is 32.8 Å². The fraction of sp³-hybridized carbons (Fsp3) is 0.143. The molecule has 2 rings (SSSR count). The van der Waals surface area contributed by atoms with Crippen LogP contribution in [0.2, 0.25) is 5.02 Å². The normalized spacial score (nSPS) is 11.3. The number of para-hydroxylation sites is 1. The smallest absolute Gasteiger partial charge is 0.177 e. The monoisotopic (exact) mass is 310 g/mol. The van der Waals surface area contributed by atoms with E-state index in [0.717, 1.165) is 11.8 Å². The largest absolute Gasteiger partial charge is 0.396 e. The van der Waals surface area contributed by atoms with Gasteiger partial charge in [-0.05, 0) is 23.8 Å². The second-order valence-corrected chi connectivity index (χ2v) is 6.83. The molecule has 0 amide bonds. The van der Waals surface area contributed by atoms with Gasteiger partial charge in [0.05, 0.1) is 16.3 Å². The molecule has 0 radical (unpaired) electrons. The molecule has 20 heavy (non-hydrogen) atoms. The molecule has 0 aliphatic carbocycles. The van der Waals surface area contributed by atoms with E-state index < -0.39 is 9.84 Å². The average molecular weight is 311 g/mol. The molecule has 0 fully saturated rings. The fourth-order valence-corrected chi connectivity index (χ4v) is 2.89. The zero-order chi connectivity index (χ0) is 14.8. The summed E-state index contributed by atoms with van der Waals surface area (Å²) in [5, 5.41) is 3.76. The maximum absolute atomic E-state index is 11.6. The third-order valence-corrected chi connectivity index (χ3v) is 4.42. The summed E-state index contributed by atoms with van der Waals surface area (Å²) in [5.74, 6) is 0. The van der Waals surface area contributed by atoms with Gasteiger partial charge in [-0.15, -0.1) is 0 Å². The lowest BCUT2D eigenvalue weighted by molar-refractivity contribution is 0.602. The lowest BCUT2D eigenvalue weighted by Gasteiger charge is -2.12. The predicted octanol–water partition coefficient (Wildman–Crippen LogP) is 2.94. The molecule has 4 nitrogen and oxygen atoms in total. The topological polar surface area (TPSA) is 72.2 Å². The zero-order valence-electron chi connectivity index (χ0n) is 10.9. The van der Waals surface area contributed by atoms with E-state index in [-0.39, 0.29) is 10.6 Å². The second kappa shape index (κ2) is 5.73. The Hall–Kier alpha value is -1.72. The van der Waals surface area contributed by atoms with Crippen LogP contribution in [0.3, 0.4) is 0 Å². The van der Waals surface area contributed by atoms with Gasteiger partial charge in [-0.1, -0.05) is 35.9 Å². The Kier molecular flexibility index (Phi) is 4.20. The molecule has 0 aromatic heterocycles. The van der Waals surface area contributed by atoms with Crippen molar-refractivity contribution in [2.45, 2.75) is 11.4 Å². The van der Waals surface area contributed by atoms with Crippen molar-refractivity contribution in [2.24, 2.45) is 0 Å². The molecule has 2 aromatic carbocycles. The van der Waals surface area contributed by atoms with Gasteiger partial charge in [0, 0.05) is 17.8 Å². The van der Waals surface area contributed by atoms with Crippen LogP contribution in [-0.4, -0.2) is 14.7 Å². The second-order valence-electron chi connectivity index (χ2n) is 4.43. The average Bonchev–Trinajstić information content (AvgIpc) is 2.38. The minimum Gasteiger partial charge on any atom is -0.396 e. The van der Waals surface area contributed by atoms with Gasteiger partial charge in [-0.25, -0.2) is 8.42 Å². The summed E-state index contributed by atoms with van der Waals surface area (Å²) < 4.78 is 23.2. The summed E-state index contributed by atoms with van der Waals surface area (Å²) in [6.45, 7) is 0.469. The van der Waals surface area contributed by atoms with Gasteiger partial charge >= 0.3 is 0 Å². The number of nitrogen functional groups attached to an aromatic ring is 1. The highest BCUT2D eigenvalue weighted by Gasteiger charge is 2.14. The van der Waals surface area contributed by atoms with Crippen molar-refractivity contribution in [3.8, 4) is 0 Å². The minimum atomic E-state index is -3.34. The summed E-state index contributed by atoms with van der Waals surface area (Å²) in [4.78, 5) is 0.127. The van der Waals surface area contributed by atoms with Crippen molar-refractivity contribution < 1.29 is 8.42 Å². The quantitative estimate of drug-likeness (QED) is 0.852. The van der Waals surface area contributed by atoms with Crippen molar-refractivity contribution in [3.05, 3.63) is 53.1 Å². The third kappa shape index (κ3) is 3.23. The first-order chi connectivity index (χ1) is 9.39. The van der Waals surface area contributed by atoms with Crippen LogP contribution in [0.5, 0.6) is 0 Å². The van der Waals surface area contributed by atoms with E-state index in [1.54, 1.807) is 18.2 Å². The number of nitrogens with two attached hydrogens (primary N) is 1. The highest BCUT2D eigenvalue weighted by Crippen LogP contribution is 2.27. The third-order valence-electron chi connectivity index (χ3n) is 2.89. The molecule has 0 saturated carbocycles. The van der Waals surface area contributed by atoms with Crippen LogP contribution >= 0.6 is 11.6 Å². The first-order valence-corrected chi connectivity index (χ1v) is 8.22. The van der Waals surface area contributed by atoms with Gasteiger partial charge in [0.1, 0.15) is 0 Å². The number of anilines is 2. The first-order valence-electron chi connectivity index (χ1n) is 5.95. The summed E-state index contributed by atoms with van der Waals surface area (Å²) in [7, 11) is -3.34. The fourth-order valence-electron chi connectivity index (χ4n) is 1.85. The zero-order valence-corrected chi connectivity index (χ0v) is 12.5. The van der Waals surface area contributed by atoms with Crippen molar-refractivity contribution in [1.82, 2.24) is 0 Å². The van der Waals surface area contributed by atoms with Gasteiger partial charge < -0.3 is 11.1 Å². The first kappa shape index (κ1) is 14.7. The molecular formula is C14H15ClN2O2S. The van der Waals surface area contributed by atoms with E-state index in [2.05, 4.69) is 5.32 Å². The summed E-state index contributed by atoms with van der Waals surface area (Å²) in [6, 6.07) is 12.3. The lowest BCUT2D eigenvalue weighted by Crippen LogP contribution is -2.07. The van der Waals surface area contributed by atoms with Crippen LogP contribution in [-0.2, 0) is 16.4 Å². The Morgan fingerprint density at radius 1 is 1.15 bits per heavy atom. The Balaban J connectivity index is 2.25. The Labute approximate surface area is 123 Å². The summed E-state index contributed by atoms with van der Waals surface area (Å²) >= 11 is 6.07. The molecule has 0 atom stereocenters. The Morgan fingerprint density at radius 3 is 2.50 bits per heavy atom. The van der Waals surface area contributed by atoms with E-state index in [4.69, 9.17) is 17.3 Å². The molecule has 2 aromatic rings. The molecule has 0 aliphatic heterocycles. The van der Waals surface area contributed by atoms with E-state index in [1.165, 1.54) is 6.07 Å². The molecule has 106 valence electrons. The van der Waals surface area contributed by atoms with Crippen LogP contribution in [0.1, 0.15) is 5.56 Å². The van der Waals surface area contributed by atoms with Gasteiger partial charge in [-0.2, -0.15) is 0 Å². The van der Waals surface area contributed by atoms with Crippen LogP contribution in [0.15, 0.2) is 47.4 Å². The van der Waals surface area contributed by atoms with Gasteiger partial charge in [-0.3, -0.25) is 0 Å². The van der Waals surface area contributed by atoms with Crippen molar-refractivity contribution in [2.75, 3.05) is 17.3 Å². The SMILES string of the molecule is CS(=O)(=O)c1cccc(NCc2ccccc2Cl)c1N. The van der Waals surface area contributed by atoms with E-state index in [1.807, 2.05) is 18.2 Å². The highest BCUT2D eigenvalue weighted by molar-refractivity contribution is 7.90. The maximum Gasteiger partial charge on any atom is 0.177 e. The Morgan fingerprint density at radius 2 is 1.85 bits per heavy atom. The van der Waals surface area contributed by atoms with Crippen molar-refractivity contribution in [1.29, 1.82) is 0 Å². The number of sulfone groups is 1. The van der Waals surface area contributed by atoms with E-state index in [9.17, 15) is 8.42 Å². The summed E-state index contributed by atoms with van der Waals surface area (Å²) in [5.41, 5.74) is 7.61. The van der Waals surface area contributed by atoms with Gasteiger partial charge in [0.25, 0.3) is 0 Å². The molecule has 0 saturated heterocycles. The van der Waals surface area contributed by atoms with Crippen LogP contribution in [0.4, 0.5) is 11.4 Å². The number of halogens is 1. The predicted molar refractivity (Wildman–Crippen MR) is 82.7 cm³/mol. The molecule has 0 aliphatic rings. The highest BCUT2D eigenvalue weighted by atomic mass is 35.5.